The first-order chi connectivity index (χ1) is 13.8. The number of benzene rings is 1. The molecule has 2 aromatic heterocycles. The van der Waals surface area contributed by atoms with Crippen molar-refractivity contribution in [3.63, 3.8) is 0 Å². The van der Waals surface area contributed by atoms with E-state index in [0.717, 1.165) is 30.7 Å². The molecular weight excluding hydrogens is 416 g/mol. The van der Waals surface area contributed by atoms with Gasteiger partial charge in [0.15, 0.2) is 0 Å². The molecule has 4 rings (SSSR count). The minimum absolute atomic E-state index is 0.0762. The molecule has 0 bridgehead atoms. The van der Waals surface area contributed by atoms with E-state index in [1.54, 1.807) is 18.5 Å². The predicted molar refractivity (Wildman–Crippen MR) is 105 cm³/mol. The normalized spacial score (nSPS) is 16.3. The molecule has 152 valence electrons. The SMILES string of the molecule is CC1CCN(S(=O)(=O)c2ccc(Sc3nc4ncccn4n3)c([N+](=O)[O-])c2)CC1. The van der Waals surface area contributed by atoms with E-state index in [9.17, 15) is 18.5 Å². The van der Waals surface area contributed by atoms with Gasteiger partial charge in [-0.2, -0.15) is 9.29 Å². The van der Waals surface area contributed by atoms with Crippen molar-refractivity contribution in [3.8, 4) is 0 Å². The molecule has 1 aliphatic heterocycles. The number of piperidine rings is 1. The monoisotopic (exact) mass is 434 g/mol. The van der Waals surface area contributed by atoms with Gasteiger partial charge in [0.05, 0.1) is 14.7 Å². The lowest BCUT2D eigenvalue weighted by atomic mass is 10.0. The van der Waals surface area contributed by atoms with Crippen molar-refractivity contribution in [2.75, 3.05) is 13.1 Å². The smallest absolute Gasteiger partial charge is 0.258 e. The van der Waals surface area contributed by atoms with Crippen molar-refractivity contribution in [1.82, 2.24) is 23.9 Å². The van der Waals surface area contributed by atoms with E-state index in [4.69, 9.17) is 0 Å². The van der Waals surface area contributed by atoms with Crippen LogP contribution in [0.15, 0.2) is 51.6 Å². The lowest BCUT2D eigenvalue weighted by molar-refractivity contribution is -0.388. The highest BCUT2D eigenvalue weighted by molar-refractivity contribution is 7.99. The van der Waals surface area contributed by atoms with Crippen molar-refractivity contribution in [3.05, 3.63) is 46.8 Å². The van der Waals surface area contributed by atoms with E-state index in [2.05, 4.69) is 22.0 Å². The first kappa shape index (κ1) is 19.7. The van der Waals surface area contributed by atoms with Gasteiger partial charge >= 0.3 is 0 Å². The molecule has 3 aromatic rings. The van der Waals surface area contributed by atoms with Crippen LogP contribution in [0.5, 0.6) is 0 Å². The van der Waals surface area contributed by atoms with Crippen molar-refractivity contribution in [2.24, 2.45) is 5.92 Å². The molecule has 1 saturated heterocycles. The molecule has 12 heteroatoms. The maximum Gasteiger partial charge on any atom is 0.284 e. The van der Waals surface area contributed by atoms with Gasteiger partial charge in [-0.3, -0.25) is 10.1 Å². The van der Waals surface area contributed by atoms with Crippen molar-refractivity contribution in [1.29, 1.82) is 0 Å². The Kier molecular flexibility index (Phi) is 5.23. The highest BCUT2D eigenvalue weighted by atomic mass is 32.2. The van der Waals surface area contributed by atoms with Gasteiger partial charge in [0.2, 0.25) is 15.2 Å². The molecular formula is C17H18N6O4S2. The first-order valence-corrected chi connectivity index (χ1v) is 11.2. The third kappa shape index (κ3) is 3.95. The van der Waals surface area contributed by atoms with Crippen LogP contribution in [0.2, 0.25) is 0 Å². The molecule has 1 aromatic carbocycles. The summed E-state index contributed by atoms with van der Waals surface area (Å²) in [6.07, 6.45) is 4.80. The minimum Gasteiger partial charge on any atom is -0.258 e. The molecule has 10 nitrogen and oxygen atoms in total. The number of nitrogens with zero attached hydrogens (tertiary/aromatic N) is 6. The second-order valence-electron chi connectivity index (χ2n) is 6.83. The van der Waals surface area contributed by atoms with Gasteiger partial charge < -0.3 is 0 Å². The lowest BCUT2D eigenvalue weighted by Gasteiger charge is -2.29. The second kappa shape index (κ2) is 7.69. The standard InChI is InChI=1S/C17H18N6O4S2/c1-12-5-9-21(10-6-12)29(26,27)13-3-4-15(14(11-13)23(24)25)28-17-19-16-18-7-2-8-22(16)20-17/h2-4,7-8,11-12H,5-6,9-10H2,1H3. The van der Waals surface area contributed by atoms with Crippen LogP contribution < -0.4 is 0 Å². The number of fused-ring (bicyclic) bond motifs is 1. The van der Waals surface area contributed by atoms with Crippen LogP contribution in [0, 0.1) is 16.0 Å². The van der Waals surface area contributed by atoms with Crippen LogP contribution in [-0.4, -0.2) is 50.3 Å². The van der Waals surface area contributed by atoms with E-state index in [1.165, 1.54) is 21.0 Å². The van der Waals surface area contributed by atoms with Gasteiger partial charge in [-0.05, 0) is 48.7 Å². The van der Waals surface area contributed by atoms with Crippen LogP contribution in [0.25, 0.3) is 5.78 Å². The van der Waals surface area contributed by atoms with Crippen LogP contribution >= 0.6 is 11.8 Å². The average molecular weight is 435 g/mol. The number of nitro benzene ring substituents is 1. The quantitative estimate of drug-likeness (QED) is 0.443. The Morgan fingerprint density at radius 1 is 1.28 bits per heavy atom. The fourth-order valence-electron chi connectivity index (χ4n) is 3.12. The maximum absolute atomic E-state index is 12.9. The molecule has 3 heterocycles. The summed E-state index contributed by atoms with van der Waals surface area (Å²) in [6.45, 7) is 2.93. The molecule has 0 unspecified atom stereocenters. The summed E-state index contributed by atoms with van der Waals surface area (Å²) in [6, 6.07) is 5.64. The average Bonchev–Trinajstić information content (AvgIpc) is 3.10. The minimum atomic E-state index is -3.78. The topological polar surface area (TPSA) is 124 Å². The third-order valence-corrected chi connectivity index (χ3v) is 7.62. The predicted octanol–water partition coefficient (Wildman–Crippen LogP) is 2.60. The molecule has 0 atom stereocenters. The number of hydrogen-bond acceptors (Lipinski definition) is 8. The summed E-state index contributed by atoms with van der Waals surface area (Å²) in [5.41, 5.74) is -0.298. The van der Waals surface area contributed by atoms with E-state index in [1.807, 2.05) is 0 Å². The Balaban J connectivity index is 1.65. The van der Waals surface area contributed by atoms with Crippen LogP contribution in [0.4, 0.5) is 5.69 Å². The van der Waals surface area contributed by atoms with Crippen molar-refractivity contribution >= 4 is 33.3 Å². The van der Waals surface area contributed by atoms with Gasteiger partial charge in [0.1, 0.15) is 0 Å². The Bertz CT molecular complexity index is 1140. The Labute approximate surface area is 171 Å². The van der Waals surface area contributed by atoms with Crippen LogP contribution in [0.3, 0.4) is 0 Å². The molecule has 0 spiro atoms. The summed E-state index contributed by atoms with van der Waals surface area (Å²) in [7, 11) is -3.78. The fourth-order valence-corrected chi connectivity index (χ4v) is 5.43. The number of rotatable bonds is 5. The molecule has 29 heavy (non-hydrogen) atoms. The highest BCUT2D eigenvalue weighted by Gasteiger charge is 2.30. The largest absolute Gasteiger partial charge is 0.284 e. The van der Waals surface area contributed by atoms with Gasteiger partial charge in [-0.1, -0.05) is 6.92 Å². The number of hydrogen-bond donors (Lipinski definition) is 0. The van der Waals surface area contributed by atoms with Gasteiger partial charge in [0.25, 0.3) is 11.5 Å². The van der Waals surface area contributed by atoms with Crippen molar-refractivity contribution < 1.29 is 13.3 Å². The molecule has 0 N–H and O–H groups in total. The maximum atomic E-state index is 12.9. The molecule has 1 aliphatic rings. The number of sulfonamides is 1. The van der Waals surface area contributed by atoms with E-state index < -0.39 is 14.9 Å². The third-order valence-electron chi connectivity index (χ3n) is 4.81. The van der Waals surface area contributed by atoms with Gasteiger partial charge in [-0.15, -0.1) is 5.10 Å². The lowest BCUT2D eigenvalue weighted by Crippen LogP contribution is -2.37. The zero-order chi connectivity index (χ0) is 20.6. The van der Waals surface area contributed by atoms with Crippen LogP contribution in [0.1, 0.15) is 19.8 Å². The Hall–Kier alpha value is -2.57. The summed E-state index contributed by atoms with van der Waals surface area (Å²) < 4.78 is 28.7. The highest BCUT2D eigenvalue weighted by Crippen LogP contribution is 2.36. The number of nitro groups is 1. The van der Waals surface area contributed by atoms with Crippen molar-refractivity contribution in [2.45, 2.75) is 34.7 Å². The van der Waals surface area contributed by atoms with E-state index >= 15 is 0 Å². The number of aromatic nitrogens is 4. The first-order valence-electron chi connectivity index (χ1n) is 8.98. The summed E-state index contributed by atoms with van der Waals surface area (Å²) >= 11 is 0.990. The zero-order valence-corrected chi connectivity index (χ0v) is 17.1. The van der Waals surface area contributed by atoms with Crippen LogP contribution in [-0.2, 0) is 10.0 Å². The van der Waals surface area contributed by atoms with Gasteiger partial charge in [0, 0.05) is 31.5 Å². The Morgan fingerprint density at radius 2 is 2.03 bits per heavy atom. The molecule has 1 fully saturated rings. The molecule has 0 aliphatic carbocycles. The molecule has 0 amide bonds. The molecule has 0 saturated carbocycles. The summed E-state index contributed by atoms with van der Waals surface area (Å²) in [4.78, 5) is 19.5. The summed E-state index contributed by atoms with van der Waals surface area (Å²) in [5.74, 6) is 0.846. The Morgan fingerprint density at radius 3 is 2.72 bits per heavy atom. The molecule has 0 radical (unpaired) electrons. The zero-order valence-electron chi connectivity index (χ0n) is 15.5. The van der Waals surface area contributed by atoms with Gasteiger partial charge in [-0.25, -0.2) is 17.9 Å². The second-order valence-corrected chi connectivity index (χ2v) is 9.78. The fraction of sp³-hybridized carbons (Fsp3) is 0.353. The van der Waals surface area contributed by atoms with E-state index in [-0.39, 0.29) is 20.6 Å². The van der Waals surface area contributed by atoms with E-state index in [0.29, 0.717) is 24.8 Å². The summed E-state index contributed by atoms with van der Waals surface area (Å²) in [5, 5.41) is 16.1.